The second kappa shape index (κ2) is 6.93. The number of urea groups is 1. The molecular weight excluding hydrogens is 340 g/mol. The topological polar surface area (TPSA) is 68.8 Å². The number of hydrogen-bond donors (Lipinski definition) is 2. The van der Waals surface area contributed by atoms with E-state index in [-0.39, 0.29) is 18.2 Å². The van der Waals surface area contributed by atoms with Crippen molar-refractivity contribution in [3.8, 4) is 11.5 Å². The van der Waals surface area contributed by atoms with Gasteiger partial charge in [0, 0.05) is 41.8 Å². The first kappa shape index (κ1) is 16.2. The van der Waals surface area contributed by atoms with Crippen molar-refractivity contribution in [2.45, 2.75) is 18.3 Å². The number of thiophene rings is 1. The summed E-state index contributed by atoms with van der Waals surface area (Å²) in [6.45, 7) is 2.26. The Hall–Kier alpha value is -2.25. The number of hydrogen-bond acceptors (Lipinski definition) is 5. The third kappa shape index (κ3) is 3.43. The number of fused-ring (bicyclic) bond motifs is 1. The van der Waals surface area contributed by atoms with Crippen LogP contribution in [0.1, 0.15) is 17.7 Å². The van der Waals surface area contributed by atoms with Gasteiger partial charge in [0.25, 0.3) is 0 Å². The molecule has 0 atom stereocenters. The molecule has 0 spiro atoms. The molecule has 7 heteroatoms. The van der Waals surface area contributed by atoms with E-state index in [1.807, 2.05) is 0 Å². The maximum absolute atomic E-state index is 12.3. The lowest BCUT2D eigenvalue weighted by molar-refractivity contribution is 0.0521. The molecule has 25 heavy (non-hydrogen) atoms. The zero-order valence-corrected chi connectivity index (χ0v) is 14.6. The zero-order chi connectivity index (χ0) is 17.1. The highest BCUT2D eigenvalue weighted by atomic mass is 32.1. The van der Waals surface area contributed by atoms with Crippen LogP contribution in [0, 0.1) is 0 Å². The van der Waals surface area contributed by atoms with Crippen LogP contribution in [-0.2, 0) is 10.2 Å². The van der Waals surface area contributed by atoms with Gasteiger partial charge in [-0.05, 0) is 36.4 Å². The van der Waals surface area contributed by atoms with E-state index in [0.717, 1.165) is 26.1 Å². The van der Waals surface area contributed by atoms with Gasteiger partial charge < -0.3 is 24.8 Å². The number of carbonyl (C=O) groups is 1. The van der Waals surface area contributed by atoms with Crippen molar-refractivity contribution in [3.63, 3.8) is 0 Å². The van der Waals surface area contributed by atoms with Gasteiger partial charge in [-0.15, -0.1) is 11.3 Å². The molecule has 4 rings (SSSR count). The largest absolute Gasteiger partial charge is 0.454 e. The van der Waals surface area contributed by atoms with Crippen LogP contribution >= 0.6 is 11.3 Å². The first-order valence-electron chi connectivity index (χ1n) is 8.31. The SMILES string of the molecule is O=C(NCC1(c2cccs2)CCOCC1)Nc1ccc2c(c1)OCO2. The van der Waals surface area contributed by atoms with Crippen molar-refractivity contribution in [1.82, 2.24) is 5.32 Å². The third-order valence-electron chi connectivity index (χ3n) is 4.71. The molecule has 2 N–H and O–H groups in total. The van der Waals surface area contributed by atoms with Crippen molar-refractivity contribution in [1.29, 1.82) is 0 Å². The van der Waals surface area contributed by atoms with Crippen LogP contribution in [0.3, 0.4) is 0 Å². The summed E-state index contributed by atoms with van der Waals surface area (Å²) in [5.74, 6) is 1.35. The minimum Gasteiger partial charge on any atom is -0.454 e. The molecule has 1 saturated heterocycles. The first-order valence-corrected chi connectivity index (χ1v) is 9.19. The highest BCUT2D eigenvalue weighted by Crippen LogP contribution is 2.37. The molecule has 0 bridgehead atoms. The van der Waals surface area contributed by atoms with Gasteiger partial charge in [-0.1, -0.05) is 6.07 Å². The van der Waals surface area contributed by atoms with Crippen molar-refractivity contribution < 1.29 is 19.0 Å². The molecular formula is C18H20N2O4S. The van der Waals surface area contributed by atoms with Crippen LogP contribution in [0.4, 0.5) is 10.5 Å². The third-order valence-corrected chi connectivity index (χ3v) is 5.83. The Bertz CT molecular complexity index is 742. The van der Waals surface area contributed by atoms with Crippen LogP contribution in [0.2, 0.25) is 0 Å². The van der Waals surface area contributed by atoms with Crippen LogP contribution in [-0.4, -0.2) is 32.6 Å². The molecule has 0 radical (unpaired) electrons. The normalized spacial score (nSPS) is 17.9. The summed E-state index contributed by atoms with van der Waals surface area (Å²) in [5, 5.41) is 7.97. The van der Waals surface area contributed by atoms with Gasteiger partial charge in [0.05, 0.1) is 0 Å². The van der Waals surface area contributed by atoms with Crippen LogP contribution in [0.25, 0.3) is 0 Å². The molecule has 3 heterocycles. The number of benzene rings is 1. The van der Waals surface area contributed by atoms with Gasteiger partial charge in [-0.2, -0.15) is 0 Å². The predicted molar refractivity (Wildman–Crippen MR) is 95.6 cm³/mol. The molecule has 1 aromatic carbocycles. The summed E-state index contributed by atoms with van der Waals surface area (Å²) < 4.78 is 16.1. The molecule has 2 amide bonds. The molecule has 0 aliphatic carbocycles. The minimum absolute atomic E-state index is 0.0430. The summed E-state index contributed by atoms with van der Waals surface area (Å²) in [7, 11) is 0. The van der Waals surface area contributed by atoms with E-state index < -0.39 is 0 Å². The van der Waals surface area contributed by atoms with Crippen molar-refractivity contribution in [2.24, 2.45) is 0 Å². The number of carbonyl (C=O) groups excluding carboxylic acids is 1. The standard InChI is InChI=1S/C18H20N2O4S/c21-17(20-13-3-4-14-15(10-13)24-12-23-14)19-11-18(5-7-22-8-6-18)16-2-1-9-25-16/h1-4,9-10H,5-8,11-12H2,(H2,19,20,21). The lowest BCUT2D eigenvalue weighted by Gasteiger charge is -2.36. The summed E-state index contributed by atoms with van der Waals surface area (Å²) in [4.78, 5) is 13.6. The fraction of sp³-hybridized carbons (Fsp3) is 0.389. The van der Waals surface area contributed by atoms with Gasteiger partial charge in [0.1, 0.15) is 0 Å². The van der Waals surface area contributed by atoms with Crippen molar-refractivity contribution in [2.75, 3.05) is 31.9 Å². The van der Waals surface area contributed by atoms with Gasteiger partial charge in [-0.3, -0.25) is 0 Å². The fourth-order valence-electron chi connectivity index (χ4n) is 3.25. The number of anilines is 1. The quantitative estimate of drug-likeness (QED) is 0.877. The molecule has 0 saturated carbocycles. The van der Waals surface area contributed by atoms with Crippen LogP contribution in [0.5, 0.6) is 11.5 Å². The minimum atomic E-state index is -0.221. The molecule has 132 valence electrons. The smallest absolute Gasteiger partial charge is 0.319 e. The van der Waals surface area contributed by atoms with Crippen molar-refractivity contribution in [3.05, 3.63) is 40.6 Å². The summed E-state index contributed by atoms with van der Waals surface area (Å²) in [6, 6.07) is 9.35. The molecule has 2 aliphatic rings. The molecule has 1 aromatic heterocycles. The monoisotopic (exact) mass is 360 g/mol. The Morgan fingerprint density at radius 2 is 2.00 bits per heavy atom. The molecule has 0 unspecified atom stereocenters. The average Bonchev–Trinajstić information content (AvgIpc) is 3.32. The Balaban J connectivity index is 1.40. The Labute approximate surface area is 150 Å². The highest BCUT2D eigenvalue weighted by Gasteiger charge is 2.35. The average molecular weight is 360 g/mol. The Morgan fingerprint density at radius 3 is 2.80 bits per heavy atom. The van der Waals surface area contributed by atoms with Crippen LogP contribution in [0.15, 0.2) is 35.7 Å². The van der Waals surface area contributed by atoms with E-state index in [4.69, 9.17) is 14.2 Å². The molecule has 2 aliphatic heterocycles. The summed E-state index contributed by atoms with van der Waals surface area (Å²) in [5.41, 5.74) is 0.637. The number of nitrogens with one attached hydrogen (secondary N) is 2. The number of rotatable bonds is 4. The van der Waals surface area contributed by atoms with Gasteiger partial charge in [0.2, 0.25) is 6.79 Å². The van der Waals surface area contributed by atoms with Gasteiger partial charge in [0.15, 0.2) is 11.5 Å². The van der Waals surface area contributed by atoms with E-state index in [2.05, 4.69) is 28.1 Å². The van der Waals surface area contributed by atoms with Gasteiger partial charge in [-0.25, -0.2) is 4.79 Å². The van der Waals surface area contributed by atoms with Crippen molar-refractivity contribution >= 4 is 23.1 Å². The van der Waals surface area contributed by atoms with Gasteiger partial charge >= 0.3 is 6.03 Å². The lowest BCUT2D eigenvalue weighted by atomic mass is 9.78. The van der Waals surface area contributed by atoms with E-state index in [1.165, 1.54) is 4.88 Å². The predicted octanol–water partition coefficient (Wildman–Crippen LogP) is 3.35. The fourth-order valence-corrected chi connectivity index (χ4v) is 4.24. The maximum Gasteiger partial charge on any atom is 0.319 e. The Kier molecular flexibility index (Phi) is 4.50. The Morgan fingerprint density at radius 1 is 1.16 bits per heavy atom. The van der Waals surface area contributed by atoms with E-state index in [1.54, 1.807) is 29.5 Å². The summed E-state index contributed by atoms with van der Waals surface area (Å²) in [6.07, 6.45) is 1.83. The van der Waals surface area contributed by atoms with E-state index >= 15 is 0 Å². The molecule has 6 nitrogen and oxygen atoms in total. The second-order valence-electron chi connectivity index (χ2n) is 6.25. The summed E-state index contributed by atoms with van der Waals surface area (Å²) >= 11 is 1.74. The molecule has 2 aromatic rings. The zero-order valence-electron chi connectivity index (χ0n) is 13.7. The maximum atomic E-state index is 12.3. The van der Waals surface area contributed by atoms with Crippen LogP contribution < -0.4 is 20.1 Å². The first-order chi connectivity index (χ1) is 12.3. The number of ether oxygens (including phenoxy) is 3. The molecule has 1 fully saturated rings. The number of amides is 2. The van der Waals surface area contributed by atoms with E-state index in [0.29, 0.717) is 23.7 Å². The second-order valence-corrected chi connectivity index (χ2v) is 7.19. The lowest BCUT2D eigenvalue weighted by Crippen LogP contribution is -2.45. The van der Waals surface area contributed by atoms with E-state index in [9.17, 15) is 4.79 Å². The highest BCUT2D eigenvalue weighted by molar-refractivity contribution is 7.10.